The van der Waals surface area contributed by atoms with E-state index in [1.54, 1.807) is 0 Å². The van der Waals surface area contributed by atoms with Crippen molar-refractivity contribution in [3.8, 4) is 5.18 Å². The maximum Gasteiger partial charge on any atom is 0.00393 e. The molecule has 0 amide bonds. The lowest BCUT2D eigenvalue weighted by atomic mass is 10.4. The molecule has 0 saturated heterocycles. The molecular formula is C7H16S2. The summed E-state index contributed by atoms with van der Waals surface area (Å²) in [5.74, 6) is 0. The van der Waals surface area contributed by atoms with Gasteiger partial charge in [0.05, 0.1) is 0 Å². The molecule has 0 saturated carbocycles. The molecule has 2 heteroatoms. The molecule has 0 aliphatic carbocycles. The number of rotatable bonds is 1. The van der Waals surface area contributed by atoms with Crippen molar-refractivity contribution >= 4 is 21.0 Å². The normalized spacial score (nSPS) is 16.4. The zero-order chi connectivity index (χ0) is 7.28. The van der Waals surface area contributed by atoms with Crippen LogP contribution < -0.4 is 0 Å². The summed E-state index contributed by atoms with van der Waals surface area (Å²) in [4.78, 5) is 0. The second-order valence-corrected chi connectivity index (χ2v) is 5.29. The molecule has 0 bridgehead atoms. The molecule has 2 atom stereocenters. The van der Waals surface area contributed by atoms with Gasteiger partial charge < -0.3 is 0 Å². The molecule has 0 fully saturated rings. The minimum Gasteiger partial charge on any atom is -0.152 e. The highest BCUT2D eigenvalue weighted by Crippen LogP contribution is 2.24. The van der Waals surface area contributed by atoms with Gasteiger partial charge in [-0.1, -0.05) is 20.8 Å². The standard InChI is InChI=1S/C7H16S2/c1-4-6-9(8)7(3)5-2/h7-9H,4-5H2,1-3H3. The van der Waals surface area contributed by atoms with Gasteiger partial charge in [-0.05, 0) is 6.42 Å². The largest absolute Gasteiger partial charge is 0.152 e. The minimum atomic E-state index is -0.198. The quantitative estimate of drug-likeness (QED) is 0.432. The molecule has 0 rings (SSSR count). The predicted molar refractivity (Wildman–Crippen MR) is 51.9 cm³/mol. The molecule has 9 heavy (non-hydrogen) atoms. The maximum atomic E-state index is 4.44. The summed E-state index contributed by atoms with van der Waals surface area (Å²) in [5.41, 5.74) is 0. The first-order valence-corrected chi connectivity index (χ1v) is 6.00. The van der Waals surface area contributed by atoms with Crippen molar-refractivity contribution < 1.29 is 0 Å². The molecule has 0 spiro atoms. The smallest absolute Gasteiger partial charge is 0.00393 e. The van der Waals surface area contributed by atoms with Gasteiger partial charge in [-0.2, -0.15) is 9.33 Å². The Morgan fingerprint density at radius 2 is 2.11 bits per heavy atom. The van der Waals surface area contributed by atoms with Gasteiger partial charge in [0.15, 0.2) is 0 Å². The Morgan fingerprint density at radius 1 is 1.56 bits per heavy atom. The van der Waals surface area contributed by atoms with Crippen LogP contribution >= 0.6 is 21.0 Å². The van der Waals surface area contributed by atoms with E-state index in [0.29, 0.717) is 0 Å². The summed E-state index contributed by atoms with van der Waals surface area (Å²) in [5, 5.41) is 4.06. The van der Waals surface area contributed by atoms with E-state index in [2.05, 4.69) is 37.6 Å². The molecule has 0 radical (unpaired) electrons. The maximum absolute atomic E-state index is 4.44. The topological polar surface area (TPSA) is 0 Å². The average Bonchev–Trinajstić information content (AvgIpc) is 1.87. The molecule has 0 aromatic carbocycles. The molecule has 56 valence electrons. The monoisotopic (exact) mass is 164 g/mol. The zero-order valence-corrected chi connectivity index (χ0v) is 8.17. The highest BCUT2D eigenvalue weighted by Gasteiger charge is 1.93. The molecule has 0 aromatic rings. The van der Waals surface area contributed by atoms with Crippen molar-refractivity contribution in [3.63, 3.8) is 0 Å². The van der Waals surface area contributed by atoms with Gasteiger partial charge in [-0.25, -0.2) is 0 Å². The van der Waals surface area contributed by atoms with Crippen LogP contribution in [0.15, 0.2) is 0 Å². The van der Waals surface area contributed by atoms with Crippen molar-refractivity contribution in [2.75, 3.05) is 0 Å². The highest BCUT2D eigenvalue weighted by atomic mass is 33.1. The van der Waals surface area contributed by atoms with Gasteiger partial charge in [0, 0.05) is 11.7 Å². The Labute approximate surface area is 65.4 Å². The third kappa shape index (κ3) is 3.96. The van der Waals surface area contributed by atoms with Gasteiger partial charge in [-0.15, -0.1) is 16.8 Å². The summed E-state index contributed by atoms with van der Waals surface area (Å²) in [6.07, 6.45) is 2.27. The Morgan fingerprint density at radius 3 is 2.44 bits per heavy atom. The first-order chi connectivity index (χ1) is 4.22. The van der Waals surface area contributed by atoms with Crippen LogP contribution in [0.5, 0.6) is 0 Å². The summed E-state index contributed by atoms with van der Waals surface area (Å²) in [7, 11) is -0.198. The molecule has 0 N–H and O–H groups in total. The molecule has 0 aliphatic rings. The van der Waals surface area contributed by atoms with Crippen LogP contribution in [-0.4, -0.2) is 5.25 Å². The van der Waals surface area contributed by atoms with Crippen LogP contribution in [0.1, 0.15) is 33.6 Å². The lowest BCUT2D eigenvalue weighted by molar-refractivity contribution is 0.911. The molecule has 0 heterocycles. The second kappa shape index (κ2) is 5.28. The fraction of sp³-hybridized carbons (Fsp3) is 0.857. The lowest BCUT2D eigenvalue weighted by Gasteiger charge is -2.05. The molecular weight excluding hydrogens is 148 g/mol. The van der Waals surface area contributed by atoms with Crippen LogP contribution in [0, 0.1) is 5.18 Å². The second-order valence-electron chi connectivity index (χ2n) is 2.11. The van der Waals surface area contributed by atoms with E-state index in [1.165, 1.54) is 6.42 Å². The predicted octanol–water partition coefficient (Wildman–Crippen LogP) is 3.00. The van der Waals surface area contributed by atoms with Crippen LogP contribution in [0.2, 0.25) is 0 Å². The van der Waals surface area contributed by atoms with Crippen molar-refractivity contribution in [2.45, 2.75) is 38.9 Å². The van der Waals surface area contributed by atoms with Gasteiger partial charge in [0.1, 0.15) is 0 Å². The summed E-state index contributed by atoms with van der Waals surface area (Å²) < 4.78 is 0. The van der Waals surface area contributed by atoms with E-state index in [-0.39, 0.29) is 9.33 Å². The van der Waals surface area contributed by atoms with Crippen LogP contribution in [0.4, 0.5) is 0 Å². The van der Waals surface area contributed by atoms with Gasteiger partial charge in [0.2, 0.25) is 0 Å². The minimum absolute atomic E-state index is 0.198. The van der Waals surface area contributed by atoms with Crippen molar-refractivity contribution in [2.24, 2.45) is 0 Å². The van der Waals surface area contributed by atoms with Gasteiger partial charge in [-0.3, -0.25) is 0 Å². The molecule has 0 nitrogen and oxygen atoms in total. The van der Waals surface area contributed by atoms with E-state index in [0.717, 1.165) is 11.7 Å². The van der Waals surface area contributed by atoms with Crippen LogP contribution in [0.3, 0.4) is 0 Å². The number of hydrogen-bond donors (Lipinski definition) is 2. The van der Waals surface area contributed by atoms with E-state index in [9.17, 15) is 0 Å². The van der Waals surface area contributed by atoms with Gasteiger partial charge >= 0.3 is 0 Å². The first kappa shape index (κ1) is 9.48. The van der Waals surface area contributed by atoms with Gasteiger partial charge in [0.25, 0.3) is 0 Å². The van der Waals surface area contributed by atoms with E-state index < -0.39 is 0 Å². The summed E-state index contributed by atoms with van der Waals surface area (Å²) in [6, 6.07) is 0. The van der Waals surface area contributed by atoms with Crippen molar-refractivity contribution in [1.82, 2.24) is 0 Å². The van der Waals surface area contributed by atoms with E-state index >= 15 is 0 Å². The summed E-state index contributed by atoms with van der Waals surface area (Å²) in [6.45, 7) is 6.56. The average molecular weight is 164 g/mol. The molecule has 0 aliphatic heterocycles. The Hall–Kier alpha value is 0.480. The van der Waals surface area contributed by atoms with Crippen LogP contribution in [-0.2, 0) is 0 Å². The third-order valence-corrected chi connectivity index (χ3v) is 4.78. The first-order valence-electron chi connectivity index (χ1n) is 3.44. The Kier molecular flexibility index (Phi) is 5.56. The van der Waals surface area contributed by atoms with Crippen LogP contribution in [0.25, 0.3) is 0 Å². The SMILES string of the molecule is CCC#[SH](S)C(C)CC. The van der Waals surface area contributed by atoms with Crippen molar-refractivity contribution in [3.05, 3.63) is 0 Å². The fourth-order valence-corrected chi connectivity index (χ4v) is 2.39. The Bertz CT molecular complexity index is 138. The number of hydrogen-bond acceptors (Lipinski definition) is 1. The Balaban J connectivity index is 3.85. The highest BCUT2D eigenvalue weighted by molar-refractivity contribution is 8.72. The number of thiol groups is 2. The molecule has 0 aromatic heterocycles. The van der Waals surface area contributed by atoms with E-state index in [4.69, 9.17) is 0 Å². The fourth-order valence-electron chi connectivity index (χ4n) is 0.491. The zero-order valence-electron chi connectivity index (χ0n) is 6.39. The third-order valence-electron chi connectivity index (χ3n) is 1.33. The lowest BCUT2D eigenvalue weighted by Crippen LogP contribution is -1.88. The van der Waals surface area contributed by atoms with Crippen molar-refractivity contribution in [1.29, 1.82) is 0 Å². The molecule has 2 unspecified atom stereocenters. The summed E-state index contributed by atoms with van der Waals surface area (Å²) >= 11 is 4.44. The van der Waals surface area contributed by atoms with E-state index in [1.807, 2.05) is 0 Å².